The van der Waals surface area contributed by atoms with Gasteiger partial charge in [0.2, 0.25) is 0 Å². The number of rotatable bonds is 5. The van der Waals surface area contributed by atoms with Crippen molar-refractivity contribution < 1.29 is 31.1 Å². The molecule has 0 amide bonds. The van der Waals surface area contributed by atoms with Crippen LogP contribution in [0.25, 0.3) is 21.9 Å². The van der Waals surface area contributed by atoms with E-state index in [0.29, 0.717) is 12.0 Å². The second-order valence-corrected chi connectivity index (χ2v) is 6.00. The summed E-state index contributed by atoms with van der Waals surface area (Å²) in [7, 11) is 0. The smallest absolute Gasteiger partial charge is 0.387 e. The van der Waals surface area contributed by atoms with Crippen molar-refractivity contribution >= 4 is 10.8 Å². The maximum Gasteiger partial charge on any atom is 0.387 e. The molecule has 0 bridgehead atoms. The van der Waals surface area contributed by atoms with E-state index in [1.807, 2.05) is 6.92 Å². The fourth-order valence-electron chi connectivity index (χ4n) is 3.00. The highest BCUT2D eigenvalue weighted by atomic mass is 19.3. The van der Waals surface area contributed by atoms with E-state index in [9.17, 15) is 26.3 Å². The molecule has 3 aromatic rings. The Morgan fingerprint density at radius 3 is 2.15 bits per heavy atom. The average molecular weight is 384 g/mol. The fraction of sp³-hybridized carbons (Fsp3) is 0.200. The third kappa shape index (κ3) is 3.72. The van der Waals surface area contributed by atoms with E-state index in [1.165, 1.54) is 24.3 Å². The van der Waals surface area contributed by atoms with Crippen molar-refractivity contribution in [2.75, 3.05) is 0 Å². The van der Waals surface area contributed by atoms with Gasteiger partial charge in [-0.3, -0.25) is 0 Å². The quantitative estimate of drug-likeness (QED) is 0.450. The molecule has 0 saturated carbocycles. The van der Waals surface area contributed by atoms with Gasteiger partial charge in [0.05, 0.1) is 5.56 Å². The predicted octanol–water partition coefficient (Wildman–Crippen LogP) is 6.62. The molecule has 0 atom stereocenters. The Kier molecular flexibility index (Phi) is 5.30. The van der Waals surface area contributed by atoms with Crippen molar-refractivity contribution in [1.29, 1.82) is 0 Å². The van der Waals surface area contributed by atoms with Crippen molar-refractivity contribution in [2.24, 2.45) is 0 Å². The van der Waals surface area contributed by atoms with E-state index in [-0.39, 0.29) is 21.9 Å². The van der Waals surface area contributed by atoms with Crippen LogP contribution in [0.3, 0.4) is 0 Å². The predicted molar refractivity (Wildman–Crippen MR) is 89.8 cm³/mol. The molecule has 0 aliphatic heterocycles. The summed E-state index contributed by atoms with van der Waals surface area (Å²) in [5, 5.41) is -0.250. The van der Waals surface area contributed by atoms with Crippen LogP contribution in [0.4, 0.5) is 26.3 Å². The van der Waals surface area contributed by atoms with Gasteiger partial charge < -0.3 is 4.74 Å². The highest BCUT2D eigenvalue weighted by Crippen LogP contribution is 2.35. The topological polar surface area (TPSA) is 9.23 Å². The molecule has 0 spiro atoms. The lowest BCUT2D eigenvalue weighted by Crippen LogP contribution is -2.06. The van der Waals surface area contributed by atoms with E-state index in [1.54, 1.807) is 0 Å². The molecule has 1 nitrogen and oxygen atoms in total. The molecule has 0 unspecified atom stereocenters. The Hall–Kier alpha value is -2.70. The largest absolute Gasteiger partial charge is 0.429 e. The highest BCUT2D eigenvalue weighted by molar-refractivity contribution is 5.89. The molecule has 0 fully saturated rings. The number of ether oxygens (including phenoxy) is 1. The number of hydrogen-bond donors (Lipinski definition) is 0. The standard InChI is InChI=1S/C20H14F6O/c1-2-3-10-6-14(21)17(15(22)7-10)11-4-5-13-12(8-11)9-16(23)19(18(13)24)27-20(25)26/h4-9,20H,2-3H2,1H3. The summed E-state index contributed by atoms with van der Waals surface area (Å²) in [5.74, 6) is -5.44. The summed E-state index contributed by atoms with van der Waals surface area (Å²) in [6.07, 6.45) is 1.23. The number of fused-ring (bicyclic) bond motifs is 1. The molecule has 3 aromatic carbocycles. The van der Waals surface area contributed by atoms with Crippen molar-refractivity contribution in [1.82, 2.24) is 0 Å². The first kappa shape index (κ1) is 19.1. The molecule has 0 N–H and O–H groups in total. The number of halogens is 6. The van der Waals surface area contributed by atoms with E-state index < -0.39 is 35.6 Å². The lowest BCUT2D eigenvalue weighted by molar-refractivity contribution is -0.0544. The molecule has 0 saturated heterocycles. The SMILES string of the molecule is CCCc1cc(F)c(-c2ccc3c(F)c(OC(F)F)c(F)cc3c2)c(F)c1. The van der Waals surface area contributed by atoms with Crippen molar-refractivity contribution in [2.45, 2.75) is 26.4 Å². The minimum atomic E-state index is -3.39. The Morgan fingerprint density at radius 2 is 1.56 bits per heavy atom. The lowest BCUT2D eigenvalue weighted by Gasteiger charge is -2.12. The third-order valence-electron chi connectivity index (χ3n) is 4.12. The van der Waals surface area contributed by atoms with Gasteiger partial charge in [-0.1, -0.05) is 25.5 Å². The van der Waals surface area contributed by atoms with Gasteiger partial charge in [-0.15, -0.1) is 0 Å². The maximum absolute atomic E-state index is 14.4. The van der Waals surface area contributed by atoms with E-state index in [0.717, 1.165) is 18.6 Å². The first-order valence-corrected chi connectivity index (χ1v) is 8.16. The van der Waals surface area contributed by atoms with E-state index in [2.05, 4.69) is 4.74 Å². The van der Waals surface area contributed by atoms with Crippen LogP contribution in [0.5, 0.6) is 5.75 Å². The summed E-state index contributed by atoms with van der Waals surface area (Å²) in [6, 6.07) is 6.77. The van der Waals surface area contributed by atoms with Crippen LogP contribution >= 0.6 is 0 Å². The van der Waals surface area contributed by atoms with Gasteiger partial charge >= 0.3 is 6.61 Å². The Labute approximate surface area is 151 Å². The molecule has 0 heterocycles. The monoisotopic (exact) mass is 384 g/mol. The minimum absolute atomic E-state index is 0.0412. The number of benzene rings is 3. The normalized spacial score (nSPS) is 11.4. The van der Waals surface area contributed by atoms with Crippen LogP contribution in [-0.2, 0) is 6.42 Å². The fourth-order valence-corrected chi connectivity index (χ4v) is 3.00. The van der Waals surface area contributed by atoms with E-state index in [4.69, 9.17) is 0 Å². The number of hydrogen-bond acceptors (Lipinski definition) is 1. The summed E-state index contributed by atoms with van der Waals surface area (Å²) in [6.45, 7) is -1.52. The van der Waals surface area contributed by atoms with Crippen molar-refractivity contribution in [3.8, 4) is 16.9 Å². The van der Waals surface area contributed by atoms with Gasteiger partial charge in [0.15, 0.2) is 17.4 Å². The Balaban J connectivity index is 2.13. The van der Waals surface area contributed by atoms with Crippen LogP contribution in [0.15, 0.2) is 36.4 Å². The van der Waals surface area contributed by atoms with Gasteiger partial charge in [0.1, 0.15) is 11.6 Å². The summed E-state index contributed by atoms with van der Waals surface area (Å²) in [4.78, 5) is 0. The summed E-state index contributed by atoms with van der Waals surface area (Å²) < 4.78 is 85.5. The van der Waals surface area contributed by atoms with Crippen LogP contribution in [-0.4, -0.2) is 6.61 Å². The molecule has 0 aliphatic carbocycles. The minimum Gasteiger partial charge on any atom is -0.429 e. The molecule has 0 aromatic heterocycles. The second kappa shape index (κ2) is 7.50. The van der Waals surface area contributed by atoms with Crippen LogP contribution in [0, 0.1) is 23.3 Å². The third-order valence-corrected chi connectivity index (χ3v) is 4.12. The zero-order chi connectivity index (χ0) is 19.7. The summed E-state index contributed by atoms with van der Waals surface area (Å²) >= 11 is 0. The van der Waals surface area contributed by atoms with Gasteiger partial charge in [0.25, 0.3) is 0 Å². The average Bonchev–Trinajstić information content (AvgIpc) is 2.58. The molecular weight excluding hydrogens is 370 g/mol. The molecule has 27 heavy (non-hydrogen) atoms. The molecular formula is C20H14F6O. The van der Waals surface area contributed by atoms with Crippen molar-refractivity contribution in [3.05, 3.63) is 65.2 Å². The lowest BCUT2D eigenvalue weighted by atomic mass is 9.97. The van der Waals surface area contributed by atoms with Crippen LogP contribution in [0.1, 0.15) is 18.9 Å². The van der Waals surface area contributed by atoms with E-state index >= 15 is 0 Å². The number of aryl methyl sites for hydroxylation is 1. The molecule has 0 aliphatic rings. The first-order chi connectivity index (χ1) is 12.8. The highest BCUT2D eigenvalue weighted by Gasteiger charge is 2.20. The van der Waals surface area contributed by atoms with Crippen LogP contribution in [0.2, 0.25) is 0 Å². The zero-order valence-corrected chi connectivity index (χ0v) is 14.1. The first-order valence-electron chi connectivity index (χ1n) is 8.16. The van der Waals surface area contributed by atoms with Crippen molar-refractivity contribution in [3.63, 3.8) is 0 Å². The Bertz CT molecular complexity index is 976. The van der Waals surface area contributed by atoms with Gasteiger partial charge in [-0.2, -0.15) is 8.78 Å². The molecule has 7 heteroatoms. The molecule has 0 radical (unpaired) electrons. The molecule has 142 valence electrons. The van der Waals surface area contributed by atoms with Crippen LogP contribution < -0.4 is 4.74 Å². The summed E-state index contributed by atoms with van der Waals surface area (Å²) in [5.41, 5.74) is 0.246. The zero-order valence-electron chi connectivity index (χ0n) is 14.1. The maximum atomic E-state index is 14.4. The van der Waals surface area contributed by atoms with Gasteiger partial charge in [-0.05, 0) is 47.2 Å². The van der Waals surface area contributed by atoms with Gasteiger partial charge in [0, 0.05) is 5.39 Å². The Morgan fingerprint density at radius 1 is 0.889 bits per heavy atom. The van der Waals surface area contributed by atoms with Gasteiger partial charge in [-0.25, -0.2) is 17.6 Å². The second-order valence-electron chi connectivity index (χ2n) is 6.00. The number of alkyl halides is 2. The molecule has 3 rings (SSSR count).